The maximum atomic E-state index is 14.8. The minimum absolute atomic E-state index is 0.0901. The second-order valence-corrected chi connectivity index (χ2v) is 10.2. The van der Waals surface area contributed by atoms with Crippen LogP contribution >= 0.6 is 0 Å². The first-order valence-electron chi connectivity index (χ1n) is 10.8. The normalized spacial score (nSPS) is 14.6. The lowest BCUT2D eigenvalue weighted by molar-refractivity contribution is 0.341. The molecule has 0 aliphatic heterocycles. The fraction of sp³-hybridized carbons (Fsp3) is 0.208. The third-order valence-electron chi connectivity index (χ3n) is 5.72. The Morgan fingerprint density at radius 2 is 1.86 bits per heavy atom. The Labute approximate surface area is 200 Å². The quantitative estimate of drug-likeness (QED) is 0.378. The number of alkyl halides is 1. The smallest absolute Gasteiger partial charge is 0.236 e. The van der Waals surface area contributed by atoms with E-state index >= 15 is 0 Å². The zero-order chi connectivity index (χ0) is 24.8. The van der Waals surface area contributed by atoms with Crippen molar-refractivity contribution in [3.63, 3.8) is 0 Å². The number of aryl methyl sites for hydroxylation is 1. The van der Waals surface area contributed by atoms with E-state index in [-0.39, 0.29) is 35.7 Å². The van der Waals surface area contributed by atoms with Gasteiger partial charge in [-0.15, -0.1) is 0 Å². The topological polar surface area (TPSA) is 120 Å². The van der Waals surface area contributed by atoms with Crippen LogP contribution in [0.2, 0.25) is 0 Å². The number of benzene rings is 2. The fourth-order valence-corrected chi connectivity index (χ4v) is 5.36. The van der Waals surface area contributed by atoms with Crippen molar-refractivity contribution in [2.24, 2.45) is 0 Å². The van der Waals surface area contributed by atoms with E-state index in [2.05, 4.69) is 19.7 Å². The van der Waals surface area contributed by atoms with Gasteiger partial charge in [0.25, 0.3) is 0 Å². The monoisotopic (exact) mass is 497 g/mol. The third-order valence-corrected chi connectivity index (χ3v) is 7.13. The molecule has 1 aliphatic carbocycles. The lowest BCUT2D eigenvalue weighted by atomic mass is 10.0. The highest BCUT2D eigenvalue weighted by Crippen LogP contribution is 2.42. The van der Waals surface area contributed by atoms with Crippen molar-refractivity contribution in [3.8, 4) is 22.9 Å². The average molecular weight is 498 g/mol. The molecule has 11 heteroatoms. The molecule has 2 aromatic heterocycles. The molecule has 1 saturated carbocycles. The van der Waals surface area contributed by atoms with Crippen molar-refractivity contribution < 1.29 is 21.9 Å². The molecular weight excluding hydrogens is 476 g/mol. The molecule has 5 rings (SSSR count). The van der Waals surface area contributed by atoms with Gasteiger partial charge in [0.1, 0.15) is 23.0 Å². The Morgan fingerprint density at radius 1 is 1.09 bits per heavy atom. The number of sulfonamides is 1. The van der Waals surface area contributed by atoms with E-state index in [1.54, 1.807) is 43.5 Å². The third kappa shape index (κ3) is 4.72. The summed E-state index contributed by atoms with van der Waals surface area (Å²) in [5, 5.41) is 0.714. The number of nitrogens with one attached hydrogen (secondary N) is 1. The van der Waals surface area contributed by atoms with Crippen LogP contribution in [-0.4, -0.2) is 34.8 Å². The van der Waals surface area contributed by atoms with E-state index < -0.39 is 27.3 Å². The number of halogens is 2. The van der Waals surface area contributed by atoms with Crippen molar-refractivity contribution in [3.05, 3.63) is 66.2 Å². The molecule has 3 N–H and O–H groups in total. The summed E-state index contributed by atoms with van der Waals surface area (Å²) in [6.07, 6.45) is 3.41. The van der Waals surface area contributed by atoms with E-state index in [0.29, 0.717) is 28.0 Å². The van der Waals surface area contributed by atoms with E-state index in [9.17, 15) is 17.2 Å². The van der Waals surface area contributed by atoms with Crippen molar-refractivity contribution in [1.29, 1.82) is 0 Å². The zero-order valence-corrected chi connectivity index (χ0v) is 19.4. The number of pyridine rings is 1. The van der Waals surface area contributed by atoms with Crippen LogP contribution in [0.1, 0.15) is 18.4 Å². The Morgan fingerprint density at radius 3 is 2.60 bits per heavy atom. The number of nitrogens with zero attached hydrogens (tertiary/aromatic N) is 3. The molecule has 0 radical (unpaired) electrons. The molecule has 0 amide bonds. The minimum Gasteiger partial charge on any atom is -0.437 e. The van der Waals surface area contributed by atoms with Crippen LogP contribution in [0, 0.1) is 12.7 Å². The van der Waals surface area contributed by atoms with Crippen LogP contribution in [0.25, 0.3) is 22.0 Å². The summed E-state index contributed by atoms with van der Waals surface area (Å²) in [7, 11) is -4.12. The largest absolute Gasteiger partial charge is 0.437 e. The molecule has 0 bridgehead atoms. The lowest BCUT2D eigenvalue weighted by Gasteiger charge is -2.17. The first-order valence-corrected chi connectivity index (χ1v) is 12.4. The number of rotatable bonds is 7. The summed E-state index contributed by atoms with van der Waals surface area (Å²) in [6.45, 7) is 1.80. The number of fused-ring (bicyclic) bond motifs is 1. The summed E-state index contributed by atoms with van der Waals surface area (Å²) < 4.78 is 62.4. The number of ether oxygens (including phenoxy) is 1. The number of hydrogen-bond donors (Lipinski definition) is 2. The maximum absolute atomic E-state index is 14.8. The van der Waals surface area contributed by atoms with Gasteiger partial charge < -0.3 is 10.5 Å². The Kier molecular flexibility index (Phi) is 5.51. The Bertz CT molecular complexity index is 1560. The van der Waals surface area contributed by atoms with Crippen molar-refractivity contribution >= 4 is 32.4 Å². The first-order chi connectivity index (χ1) is 16.6. The molecule has 0 atom stereocenters. The number of hydrogen-bond acceptors (Lipinski definition) is 7. The summed E-state index contributed by atoms with van der Waals surface area (Å²) in [4.78, 5) is 12.4. The van der Waals surface area contributed by atoms with E-state index in [0.717, 1.165) is 6.07 Å². The molecule has 0 saturated heterocycles. The second kappa shape index (κ2) is 8.42. The molecule has 2 heterocycles. The molecular formula is C24H21F2N5O3S. The van der Waals surface area contributed by atoms with Gasteiger partial charge in [-0.2, -0.15) is 0 Å². The van der Waals surface area contributed by atoms with Crippen LogP contribution in [0.4, 0.5) is 20.4 Å². The fourth-order valence-electron chi connectivity index (χ4n) is 3.80. The maximum Gasteiger partial charge on any atom is 0.236 e. The lowest BCUT2D eigenvalue weighted by Crippen LogP contribution is -2.25. The highest BCUT2D eigenvalue weighted by molar-refractivity contribution is 7.92. The average Bonchev–Trinajstić information content (AvgIpc) is 3.53. The van der Waals surface area contributed by atoms with Gasteiger partial charge in [0.2, 0.25) is 21.9 Å². The molecule has 35 heavy (non-hydrogen) atoms. The van der Waals surface area contributed by atoms with Gasteiger partial charge in [0.15, 0.2) is 0 Å². The Hall–Kier alpha value is -3.86. The molecule has 0 spiro atoms. The first kappa shape index (κ1) is 22.9. The van der Waals surface area contributed by atoms with Crippen LogP contribution in [0.3, 0.4) is 0 Å². The van der Waals surface area contributed by atoms with Crippen molar-refractivity contribution in [2.45, 2.75) is 25.4 Å². The summed E-state index contributed by atoms with van der Waals surface area (Å²) in [6, 6.07) is 11.0. The zero-order valence-electron chi connectivity index (χ0n) is 18.6. The van der Waals surface area contributed by atoms with Gasteiger partial charge in [0, 0.05) is 23.2 Å². The van der Waals surface area contributed by atoms with E-state index in [1.165, 1.54) is 12.3 Å². The van der Waals surface area contributed by atoms with Crippen LogP contribution in [0.15, 0.2) is 54.9 Å². The van der Waals surface area contributed by atoms with Gasteiger partial charge in [0.05, 0.1) is 16.9 Å². The van der Waals surface area contributed by atoms with Gasteiger partial charge in [-0.1, -0.05) is 12.1 Å². The van der Waals surface area contributed by atoms with Gasteiger partial charge >= 0.3 is 0 Å². The van der Waals surface area contributed by atoms with Gasteiger partial charge in [-0.25, -0.2) is 32.2 Å². The predicted molar refractivity (Wildman–Crippen MR) is 129 cm³/mol. The highest BCUT2D eigenvalue weighted by atomic mass is 32.2. The Balaban J connectivity index is 1.58. The number of nitrogens with two attached hydrogens (primary N) is 1. The standard InChI is InChI=1S/C24H21F2N5O3S/c1-14-4-5-15-16(6-7-18(25)20(15)31-35(32,33)13-24(26)9-10-24)21(14)34-22-17(3-2-11-28-22)19-8-12-29-23(27)30-19/h2-8,11-12,31H,9-10,13H2,1H3,(H2,27,29,30). The minimum atomic E-state index is -4.12. The summed E-state index contributed by atoms with van der Waals surface area (Å²) in [5.41, 5.74) is 5.47. The molecule has 2 aromatic carbocycles. The number of nitrogen functional groups attached to an aromatic ring is 1. The summed E-state index contributed by atoms with van der Waals surface area (Å²) >= 11 is 0. The summed E-state index contributed by atoms with van der Waals surface area (Å²) in [5.74, 6) is -0.832. The SMILES string of the molecule is Cc1ccc2c(NS(=O)(=O)CC3(F)CC3)c(F)ccc2c1Oc1ncccc1-c1ccnc(N)n1. The second-order valence-electron chi connectivity index (χ2n) is 8.50. The van der Waals surface area contributed by atoms with Gasteiger partial charge in [-0.05, 0) is 55.7 Å². The van der Waals surface area contributed by atoms with E-state index in [1.807, 2.05) is 0 Å². The number of anilines is 2. The molecule has 0 unspecified atom stereocenters. The molecule has 1 aliphatic rings. The van der Waals surface area contributed by atoms with Crippen molar-refractivity contribution in [2.75, 3.05) is 16.2 Å². The molecule has 8 nitrogen and oxygen atoms in total. The predicted octanol–water partition coefficient (Wildman–Crippen LogP) is 4.76. The van der Waals surface area contributed by atoms with Crippen LogP contribution < -0.4 is 15.2 Å². The van der Waals surface area contributed by atoms with E-state index in [4.69, 9.17) is 10.5 Å². The van der Waals surface area contributed by atoms with Crippen LogP contribution in [0.5, 0.6) is 11.6 Å². The molecule has 180 valence electrons. The molecule has 1 fully saturated rings. The molecule has 4 aromatic rings. The van der Waals surface area contributed by atoms with Crippen LogP contribution in [-0.2, 0) is 10.0 Å². The van der Waals surface area contributed by atoms with Crippen molar-refractivity contribution in [1.82, 2.24) is 15.0 Å². The highest BCUT2D eigenvalue weighted by Gasteiger charge is 2.47. The van der Waals surface area contributed by atoms with Gasteiger partial charge in [-0.3, -0.25) is 4.72 Å². The number of aromatic nitrogens is 3.